The van der Waals surface area contributed by atoms with Gasteiger partial charge in [-0.3, -0.25) is 14.4 Å². The Labute approximate surface area is 233 Å². The summed E-state index contributed by atoms with van der Waals surface area (Å²) in [5, 5.41) is 7.15. The molecule has 0 saturated heterocycles. The van der Waals surface area contributed by atoms with Gasteiger partial charge in [-0.25, -0.2) is 4.79 Å². The number of Topliss-reactive ketones (excluding diaryl/α,β-unsaturated/α-hetero) is 1. The zero-order valence-electron chi connectivity index (χ0n) is 21.7. The van der Waals surface area contributed by atoms with Crippen LogP contribution in [0.5, 0.6) is 0 Å². The number of ketones is 2. The van der Waals surface area contributed by atoms with Gasteiger partial charge in [-0.1, -0.05) is 29.4 Å². The summed E-state index contributed by atoms with van der Waals surface area (Å²) < 4.78 is 7.16. The average molecular weight is 553 g/mol. The van der Waals surface area contributed by atoms with E-state index in [4.69, 9.17) is 9.57 Å². The highest BCUT2D eigenvalue weighted by atomic mass is 32.1. The topological polar surface area (TPSA) is 104 Å². The minimum atomic E-state index is -0.665. The number of aromatic nitrogens is 1. The average Bonchev–Trinajstić information content (AvgIpc) is 3.62. The minimum absolute atomic E-state index is 0.00999. The Morgan fingerprint density at radius 1 is 0.800 bits per heavy atom. The molecular weight excluding hydrogens is 528 g/mol. The molecule has 5 aromatic rings. The monoisotopic (exact) mass is 552 g/mol. The van der Waals surface area contributed by atoms with Crippen LogP contribution in [0.25, 0.3) is 21.8 Å². The first-order chi connectivity index (χ1) is 19.3. The lowest BCUT2D eigenvalue weighted by Gasteiger charge is -2.08. The van der Waals surface area contributed by atoms with Crippen molar-refractivity contribution in [1.82, 2.24) is 4.57 Å². The normalized spacial score (nSPS) is 11.5. The van der Waals surface area contributed by atoms with Crippen LogP contribution in [-0.2, 0) is 20.9 Å². The number of fused-ring (bicyclic) bond motifs is 3. The molecule has 40 heavy (non-hydrogen) atoms. The van der Waals surface area contributed by atoms with Crippen molar-refractivity contribution in [1.29, 1.82) is 0 Å². The third-order valence-electron chi connectivity index (χ3n) is 6.36. The Kier molecular flexibility index (Phi) is 7.65. The highest BCUT2D eigenvalue weighted by Crippen LogP contribution is 2.32. The lowest BCUT2D eigenvalue weighted by atomic mass is 10.0. The van der Waals surface area contributed by atoms with Crippen molar-refractivity contribution in [3.63, 3.8) is 0 Å². The van der Waals surface area contributed by atoms with Crippen LogP contribution >= 0.6 is 11.3 Å². The van der Waals surface area contributed by atoms with Crippen LogP contribution in [0.3, 0.4) is 0 Å². The molecule has 0 aliphatic rings. The third-order valence-corrected chi connectivity index (χ3v) is 7.23. The molecule has 0 fully saturated rings. The van der Waals surface area contributed by atoms with E-state index >= 15 is 0 Å². The maximum absolute atomic E-state index is 13.2. The Morgan fingerprint density at radius 3 is 2.12 bits per heavy atom. The van der Waals surface area contributed by atoms with E-state index < -0.39 is 11.8 Å². The van der Waals surface area contributed by atoms with Gasteiger partial charge in [-0.15, -0.1) is 11.3 Å². The maximum atomic E-state index is 13.2. The first-order valence-electron chi connectivity index (χ1n) is 12.5. The van der Waals surface area contributed by atoms with Crippen molar-refractivity contribution in [3.05, 3.63) is 106 Å². The number of esters is 1. The Hall–Kier alpha value is -4.89. The molecule has 2 aromatic heterocycles. The highest BCUT2D eigenvalue weighted by molar-refractivity contribution is 7.12. The number of carbonyl (C=O) groups excluding carboxylic acids is 4. The number of rotatable bonds is 9. The van der Waals surface area contributed by atoms with Crippen molar-refractivity contribution in [2.45, 2.75) is 20.4 Å². The summed E-state index contributed by atoms with van der Waals surface area (Å²) in [5.74, 6) is -1.54. The van der Waals surface area contributed by atoms with Crippen LogP contribution < -0.4 is 0 Å². The van der Waals surface area contributed by atoms with E-state index in [1.165, 1.54) is 25.2 Å². The van der Waals surface area contributed by atoms with E-state index in [1.807, 2.05) is 28.1 Å². The summed E-state index contributed by atoms with van der Waals surface area (Å²) in [6.45, 7) is 3.39. The lowest BCUT2D eigenvalue weighted by molar-refractivity contribution is -0.141. The molecule has 5 rings (SSSR count). The van der Waals surface area contributed by atoms with E-state index in [0.29, 0.717) is 28.1 Å². The van der Waals surface area contributed by atoms with Crippen molar-refractivity contribution < 1.29 is 28.8 Å². The molecule has 0 amide bonds. The molecule has 0 bridgehead atoms. The Bertz CT molecular complexity index is 1790. The predicted molar refractivity (Wildman–Crippen MR) is 153 cm³/mol. The fourth-order valence-electron chi connectivity index (χ4n) is 4.45. The molecule has 0 N–H and O–H groups in total. The van der Waals surface area contributed by atoms with Gasteiger partial charge in [0.1, 0.15) is 12.3 Å². The van der Waals surface area contributed by atoms with E-state index in [0.717, 1.165) is 21.8 Å². The number of hydrogen-bond acceptors (Lipinski definition) is 8. The largest absolute Gasteiger partial charge is 0.464 e. The summed E-state index contributed by atoms with van der Waals surface area (Å²) in [7, 11) is 0. The smallest absolute Gasteiger partial charge is 0.365 e. The van der Waals surface area contributed by atoms with Crippen LogP contribution in [0.15, 0.2) is 89.4 Å². The summed E-state index contributed by atoms with van der Waals surface area (Å²) in [6.07, 6.45) is 0. The predicted octanol–water partition coefficient (Wildman–Crippen LogP) is 6.07. The Morgan fingerprint density at radius 2 is 1.48 bits per heavy atom. The quantitative estimate of drug-likeness (QED) is 0.0723. The van der Waals surface area contributed by atoms with Crippen molar-refractivity contribution in [3.8, 4) is 0 Å². The van der Waals surface area contributed by atoms with Crippen LogP contribution in [0.1, 0.15) is 49.8 Å². The number of ether oxygens (including phenoxy) is 1. The van der Waals surface area contributed by atoms with Gasteiger partial charge in [0.2, 0.25) is 11.6 Å². The fraction of sp³-hybridized carbons (Fsp3) is 0.129. The van der Waals surface area contributed by atoms with Gasteiger partial charge >= 0.3 is 11.9 Å². The summed E-state index contributed by atoms with van der Waals surface area (Å²) in [4.78, 5) is 55.5. The third kappa shape index (κ3) is 5.45. The molecule has 0 aliphatic heterocycles. The van der Waals surface area contributed by atoms with Crippen molar-refractivity contribution >= 4 is 62.4 Å². The molecule has 0 atom stereocenters. The fourth-order valence-corrected chi connectivity index (χ4v) is 5.13. The van der Waals surface area contributed by atoms with E-state index in [2.05, 4.69) is 5.16 Å². The molecule has 0 unspecified atom stereocenters. The van der Waals surface area contributed by atoms with Gasteiger partial charge in [0, 0.05) is 39.9 Å². The maximum Gasteiger partial charge on any atom is 0.365 e. The number of oxime groups is 1. The van der Waals surface area contributed by atoms with Crippen LogP contribution in [0.2, 0.25) is 0 Å². The number of benzene rings is 3. The molecular formula is C31H24N2O6S. The standard InChI is InChI=1S/C31H24N2O6S/c1-19(32-39-31(37)21-7-4-3-5-8-21)29(35)22-10-12-26-24(17-22)25-18-23(30(36)28-9-6-16-40-28)11-13-27(25)33(26)14-15-38-20(2)34/h3-13,16-18H,14-15H2,1-2H3/b32-19+. The van der Waals surface area contributed by atoms with Gasteiger partial charge in [-0.05, 0) is 66.9 Å². The van der Waals surface area contributed by atoms with Crippen LogP contribution in [-0.4, -0.2) is 40.4 Å². The van der Waals surface area contributed by atoms with Crippen molar-refractivity contribution in [2.24, 2.45) is 5.16 Å². The van der Waals surface area contributed by atoms with Gasteiger partial charge < -0.3 is 14.1 Å². The number of nitrogens with zero attached hydrogens (tertiary/aromatic N) is 2. The van der Waals surface area contributed by atoms with Crippen LogP contribution in [0.4, 0.5) is 0 Å². The summed E-state index contributed by atoms with van der Waals surface area (Å²) in [5.41, 5.74) is 2.84. The first-order valence-corrected chi connectivity index (χ1v) is 13.3. The zero-order chi connectivity index (χ0) is 28.2. The molecule has 2 heterocycles. The highest BCUT2D eigenvalue weighted by Gasteiger charge is 2.19. The van der Waals surface area contributed by atoms with E-state index in [1.54, 1.807) is 60.7 Å². The van der Waals surface area contributed by atoms with E-state index in [-0.39, 0.29) is 24.1 Å². The van der Waals surface area contributed by atoms with Gasteiger partial charge in [0.15, 0.2) is 0 Å². The number of thiophene rings is 1. The molecule has 0 radical (unpaired) electrons. The van der Waals surface area contributed by atoms with Gasteiger partial charge in [0.05, 0.1) is 17.0 Å². The molecule has 0 spiro atoms. The zero-order valence-corrected chi connectivity index (χ0v) is 22.6. The number of carbonyl (C=O) groups is 4. The van der Waals surface area contributed by atoms with Crippen LogP contribution in [0, 0.1) is 0 Å². The number of hydrogen-bond donors (Lipinski definition) is 0. The Balaban J connectivity index is 1.52. The van der Waals surface area contributed by atoms with E-state index in [9.17, 15) is 19.2 Å². The summed E-state index contributed by atoms with van der Waals surface area (Å²) in [6, 6.07) is 22.6. The lowest BCUT2D eigenvalue weighted by Crippen LogP contribution is -2.13. The minimum Gasteiger partial charge on any atom is -0.464 e. The molecule has 0 saturated carbocycles. The summed E-state index contributed by atoms with van der Waals surface area (Å²) >= 11 is 1.37. The van der Waals surface area contributed by atoms with Gasteiger partial charge in [0.25, 0.3) is 0 Å². The first kappa shape index (κ1) is 26.7. The molecule has 200 valence electrons. The van der Waals surface area contributed by atoms with Gasteiger partial charge in [-0.2, -0.15) is 0 Å². The second-order valence-corrected chi connectivity index (χ2v) is 9.96. The molecule has 9 heteroatoms. The molecule has 3 aromatic carbocycles. The molecule has 0 aliphatic carbocycles. The second-order valence-electron chi connectivity index (χ2n) is 9.01. The second kappa shape index (κ2) is 11.5. The SMILES string of the molecule is CC(=O)OCCn1c2ccc(C(=O)/C(C)=N/OC(=O)c3ccccc3)cc2c2cc(C(=O)c3cccs3)ccc21. The molecule has 8 nitrogen and oxygen atoms in total. The van der Waals surface area contributed by atoms with Crippen molar-refractivity contribution in [2.75, 3.05) is 6.61 Å².